The zero-order valence-electron chi connectivity index (χ0n) is 12.0. The highest BCUT2D eigenvalue weighted by atomic mass is 32.1. The fraction of sp³-hybridized carbons (Fsp3) is 0.714. The molecule has 21 heavy (non-hydrogen) atoms. The van der Waals surface area contributed by atoms with Crippen LogP contribution in [0.2, 0.25) is 0 Å². The van der Waals surface area contributed by atoms with Gasteiger partial charge in [0.2, 0.25) is 5.91 Å². The quantitative estimate of drug-likeness (QED) is 0.861. The summed E-state index contributed by atoms with van der Waals surface area (Å²) in [5, 5.41) is 8.28. The molecule has 114 valence electrons. The Morgan fingerprint density at radius 3 is 2.71 bits per heavy atom. The molecular weight excluding hydrogens is 288 g/mol. The summed E-state index contributed by atoms with van der Waals surface area (Å²) in [7, 11) is 0. The fourth-order valence-corrected chi connectivity index (χ4v) is 3.71. The van der Waals surface area contributed by atoms with Crippen molar-refractivity contribution in [3.05, 3.63) is 11.1 Å². The fourth-order valence-electron chi connectivity index (χ4n) is 3.27. The first-order valence-corrected chi connectivity index (χ1v) is 8.45. The van der Waals surface area contributed by atoms with E-state index >= 15 is 0 Å². The largest absolute Gasteiger partial charge is 0.346 e. The Morgan fingerprint density at radius 1 is 1.29 bits per heavy atom. The van der Waals surface area contributed by atoms with Crippen LogP contribution in [-0.2, 0) is 4.79 Å². The molecule has 2 fully saturated rings. The first-order chi connectivity index (χ1) is 10.2. The molecule has 2 amide bonds. The van der Waals surface area contributed by atoms with E-state index in [2.05, 4.69) is 14.9 Å². The molecular formula is C14H20N4O2S. The molecule has 7 heteroatoms. The Labute approximate surface area is 128 Å². The predicted molar refractivity (Wildman–Crippen MR) is 79.0 cm³/mol. The lowest BCUT2D eigenvalue weighted by molar-refractivity contribution is -0.129. The van der Waals surface area contributed by atoms with Crippen molar-refractivity contribution in [2.24, 2.45) is 0 Å². The lowest BCUT2D eigenvalue weighted by Gasteiger charge is -2.27. The molecule has 1 aromatic rings. The molecule has 1 aliphatic carbocycles. The molecule has 1 N–H and O–H groups in total. The summed E-state index contributed by atoms with van der Waals surface area (Å²) in [6.07, 6.45) is 7.56. The molecule has 1 aliphatic heterocycles. The van der Waals surface area contributed by atoms with Crippen LogP contribution in [0.4, 0.5) is 0 Å². The maximum absolute atomic E-state index is 12.2. The number of amides is 2. The normalized spacial score (nSPS) is 24.1. The molecule has 3 rings (SSSR count). The third-order valence-electron chi connectivity index (χ3n) is 4.35. The van der Waals surface area contributed by atoms with Crippen LogP contribution in [0.3, 0.4) is 0 Å². The zero-order chi connectivity index (χ0) is 14.7. The van der Waals surface area contributed by atoms with Gasteiger partial charge in [0.1, 0.15) is 0 Å². The third kappa shape index (κ3) is 3.40. The highest BCUT2D eigenvalue weighted by molar-refractivity contribution is 7.03. The van der Waals surface area contributed by atoms with Crippen molar-refractivity contribution in [1.29, 1.82) is 0 Å². The maximum atomic E-state index is 12.2. The number of nitrogens with zero attached hydrogens (tertiary/aromatic N) is 3. The van der Waals surface area contributed by atoms with Gasteiger partial charge in [-0.15, -0.1) is 5.10 Å². The molecule has 2 aliphatic rings. The van der Waals surface area contributed by atoms with Gasteiger partial charge in [-0.25, -0.2) is 0 Å². The standard InChI is InChI=1S/C14H20N4O2S/c19-13-7-10(15-14(20)12-9-21-17-16-12)8-18(13)11-5-3-1-2-4-6-11/h9-11H,1-8H2,(H,15,20)/t10-/m0/s1. The van der Waals surface area contributed by atoms with Crippen molar-refractivity contribution in [2.75, 3.05) is 6.54 Å². The van der Waals surface area contributed by atoms with Crippen LogP contribution in [0.25, 0.3) is 0 Å². The zero-order valence-corrected chi connectivity index (χ0v) is 12.8. The van der Waals surface area contributed by atoms with Gasteiger partial charge in [-0.3, -0.25) is 9.59 Å². The van der Waals surface area contributed by atoms with E-state index < -0.39 is 0 Å². The molecule has 2 heterocycles. The molecule has 6 nitrogen and oxygen atoms in total. The minimum atomic E-state index is -0.232. The number of carbonyl (C=O) groups excluding carboxylic acids is 2. The monoisotopic (exact) mass is 308 g/mol. The Morgan fingerprint density at radius 2 is 2.05 bits per heavy atom. The molecule has 1 atom stereocenters. The molecule has 0 unspecified atom stereocenters. The Hall–Kier alpha value is -1.50. The summed E-state index contributed by atoms with van der Waals surface area (Å²) >= 11 is 1.15. The number of rotatable bonds is 3. The van der Waals surface area contributed by atoms with Gasteiger partial charge in [0, 0.05) is 24.4 Å². The smallest absolute Gasteiger partial charge is 0.273 e. The van der Waals surface area contributed by atoms with Gasteiger partial charge in [0.25, 0.3) is 5.91 Å². The van der Waals surface area contributed by atoms with Crippen molar-refractivity contribution in [3.63, 3.8) is 0 Å². The molecule has 1 saturated heterocycles. The number of hydrogen-bond acceptors (Lipinski definition) is 5. The molecule has 0 aromatic carbocycles. The molecule has 0 bridgehead atoms. The van der Waals surface area contributed by atoms with Crippen LogP contribution < -0.4 is 5.32 Å². The second-order valence-electron chi connectivity index (χ2n) is 5.86. The molecule has 0 spiro atoms. The summed E-state index contributed by atoms with van der Waals surface area (Å²) in [5.74, 6) is -0.0622. The van der Waals surface area contributed by atoms with Crippen molar-refractivity contribution < 1.29 is 9.59 Å². The first-order valence-electron chi connectivity index (χ1n) is 7.61. The van der Waals surface area contributed by atoms with Crippen LogP contribution in [-0.4, -0.2) is 44.9 Å². The van der Waals surface area contributed by atoms with Crippen molar-refractivity contribution in [1.82, 2.24) is 19.8 Å². The number of likely N-dealkylation sites (tertiary alicyclic amines) is 1. The lowest BCUT2D eigenvalue weighted by Crippen LogP contribution is -2.40. The Balaban J connectivity index is 1.57. The third-order valence-corrected chi connectivity index (χ3v) is 4.86. The second kappa shape index (κ2) is 6.51. The van der Waals surface area contributed by atoms with Crippen LogP contribution in [0.15, 0.2) is 5.38 Å². The highest BCUT2D eigenvalue weighted by Crippen LogP contribution is 2.25. The van der Waals surface area contributed by atoms with E-state index in [0.717, 1.165) is 24.4 Å². The predicted octanol–water partition coefficient (Wildman–Crippen LogP) is 1.59. The summed E-state index contributed by atoms with van der Waals surface area (Å²) in [6.45, 7) is 0.632. The van der Waals surface area contributed by atoms with E-state index in [1.807, 2.05) is 4.90 Å². The van der Waals surface area contributed by atoms with E-state index in [1.165, 1.54) is 25.7 Å². The summed E-state index contributed by atoms with van der Waals surface area (Å²) < 4.78 is 3.69. The van der Waals surface area contributed by atoms with Crippen molar-refractivity contribution in [3.8, 4) is 0 Å². The minimum Gasteiger partial charge on any atom is -0.346 e. The second-order valence-corrected chi connectivity index (χ2v) is 6.47. The van der Waals surface area contributed by atoms with E-state index in [4.69, 9.17) is 0 Å². The van der Waals surface area contributed by atoms with Gasteiger partial charge >= 0.3 is 0 Å². The topological polar surface area (TPSA) is 75.2 Å². The van der Waals surface area contributed by atoms with E-state index in [-0.39, 0.29) is 17.9 Å². The highest BCUT2D eigenvalue weighted by Gasteiger charge is 2.35. The van der Waals surface area contributed by atoms with Crippen molar-refractivity contribution >= 4 is 23.3 Å². The van der Waals surface area contributed by atoms with Gasteiger partial charge in [-0.2, -0.15) is 0 Å². The average Bonchev–Trinajstić information content (AvgIpc) is 3.03. The minimum absolute atomic E-state index is 0.102. The van der Waals surface area contributed by atoms with Gasteiger partial charge < -0.3 is 10.2 Å². The number of aromatic nitrogens is 2. The van der Waals surface area contributed by atoms with Crippen LogP contribution in [0, 0.1) is 0 Å². The Kier molecular flexibility index (Phi) is 4.48. The van der Waals surface area contributed by atoms with Crippen LogP contribution >= 0.6 is 11.5 Å². The summed E-state index contributed by atoms with van der Waals surface area (Å²) in [5.41, 5.74) is 0.334. The SMILES string of the molecule is O=C(N[C@H]1CC(=O)N(C2CCCCCC2)C1)c1csnn1. The van der Waals surface area contributed by atoms with Gasteiger partial charge in [-0.1, -0.05) is 30.2 Å². The van der Waals surface area contributed by atoms with E-state index in [0.29, 0.717) is 24.7 Å². The van der Waals surface area contributed by atoms with Crippen LogP contribution in [0.5, 0.6) is 0 Å². The molecule has 1 saturated carbocycles. The van der Waals surface area contributed by atoms with Crippen molar-refractivity contribution in [2.45, 2.75) is 57.0 Å². The van der Waals surface area contributed by atoms with Gasteiger partial charge in [-0.05, 0) is 24.4 Å². The number of nitrogens with one attached hydrogen (secondary N) is 1. The first kappa shape index (κ1) is 14.4. The lowest BCUT2D eigenvalue weighted by atomic mass is 10.1. The molecule has 1 aromatic heterocycles. The number of carbonyl (C=O) groups is 2. The van der Waals surface area contributed by atoms with E-state index in [9.17, 15) is 9.59 Å². The number of hydrogen-bond donors (Lipinski definition) is 1. The average molecular weight is 308 g/mol. The van der Waals surface area contributed by atoms with Gasteiger partial charge in [0.15, 0.2) is 5.69 Å². The summed E-state index contributed by atoms with van der Waals surface area (Å²) in [6, 6.07) is 0.262. The van der Waals surface area contributed by atoms with Crippen LogP contribution in [0.1, 0.15) is 55.4 Å². The maximum Gasteiger partial charge on any atom is 0.273 e. The van der Waals surface area contributed by atoms with Gasteiger partial charge in [0.05, 0.1) is 6.04 Å². The summed E-state index contributed by atoms with van der Waals surface area (Å²) in [4.78, 5) is 26.2. The Bertz CT molecular complexity index is 497. The molecule has 0 radical (unpaired) electrons. The van der Waals surface area contributed by atoms with E-state index in [1.54, 1.807) is 5.38 Å².